The number of ether oxygens (including phenoxy) is 2. The van der Waals surface area contributed by atoms with Crippen molar-refractivity contribution in [2.45, 2.75) is 39.5 Å². The number of hydrogen-bond acceptors (Lipinski definition) is 5. The van der Waals surface area contributed by atoms with Gasteiger partial charge in [-0.2, -0.15) is 0 Å². The molecule has 5 nitrogen and oxygen atoms in total. The fourth-order valence-electron chi connectivity index (χ4n) is 3.48. The minimum atomic E-state index is -1.28. The number of allylic oxidation sites excluding steroid dienone is 4. The van der Waals surface area contributed by atoms with Crippen molar-refractivity contribution in [1.29, 1.82) is 0 Å². The van der Waals surface area contributed by atoms with Crippen LogP contribution in [0.1, 0.15) is 39.5 Å². The Kier molecular flexibility index (Phi) is 4.54. The topological polar surface area (TPSA) is 69.7 Å². The third kappa shape index (κ3) is 2.60. The predicted molar refractivity (Wildman–Crippen MR) is 79.9 cm³/mol. The number of Topliss-reactive ketones (excluding diaryl/α,β-unsaturated/α-hetero) is 1. The number of esters is 2. The second-order valence-corrected chi connectivity index (χ2v) is 6.23. The number of carbonyl (C=O) groups is 3. The lowest BCUT2D eigenvalue weighted by Gasteiger charge is -2.39. The quantitative estimate of drug-likeness (QED) is 0.445. The van der Waals surface area contributed by atoms with Gasteiger partial charge in [-0.05, 0) is 39.0 Å². The van der Waals surface area contributed by atoms with Crippen LogP contribution in [0.3, 0.4) is 0 Å². The first-order valence-electron chi connectivity index (χ1n) is 7.43. The normalized spacial score (nSPS) is 23.3. The molecular formula is C17H22O5. The summed E-state index contributed by atoms with van der Waals surface area (Å²) in [5.74, 6) is -1.17. The van der Waals surface area contributed by atoms with Crippen LogP contribution < -0.4 is 0 Å². The van der Waals surface area contributed by atoms with Crippen LogP contribution in [-0.4, -0.2) is 31.9 Å². The van der Waals surface area contributed by atoms with E-state index in [0.717, 1.165) is 16.7 Å². The summed E-state index contributed by atoms with van der Waals surface area (Å²) < 4.78 is 9.66. The van der Waals surface area contributed by atoms with Crippen LogP contribution in [0.15, 0.2) is 22.8 Å². The number of fused-ring (bicyclic) bond motifs is 1. The largest absolute Gasteiger partial charge is 0.468 e. The molecule has 0 bridgehead atoms. The Bertz CT molecular complexity index is 562. The second-order valence-electron chi connectivity index (χ2n) is 6.23. The summed E-state index contributed by atoms with van der Waals surface area (Å²) in [4.78, 5) is 36.6. The van der Waals surface area contributed by atoms with Gasteiger partial charge in [0, 0.05) is 12.0 Å². The van der Waals surface area contributed by atoms with Crippen LogP contribution >= 0.6 is 0 Å². The molecule has 1 unspecified atom stereocenters. The highest BCUT2D eigenvalue weighted by Crippen LogP contribution is 2.47. The van der Waals surface area contributed by atoms with E-state index in [4.69, 9.17) is 9.47 Å². The molecule has 1 fully saturated rings. The first-order chi connectivity index (χ1) is 10.4. The number of carbonyl (C=O) groups excluding carboxylic acids is 3. The second kappa shape index (κ2) is 6.07. The highest BCUT2D eigenvalue weighted by molar-refractivity contribution is 6.02. The first-order valence-corrected chi connectivity index (χ1v) is 7.43. The lowest BCUT2D eigenvalue weighted by molar-refractivity contribution is -0.172. The smallest absolute Gasteiger partial charge is 0.323 e. The van der Waals surface area contributed by atoms with Crippen molar-refractivity contribution in [3.8, 4) is 0 Å². The molecule has 0 spiro atoms. The SMILES string of the molecule is COC(=O)C1(C(=O)OC)CCC2=CC(=C(C)C)C(=O)CC2C1. The molecule has 1 saturated carbocycles. The molecule has 0 heterocycles. The van der Waals surface area contributed by atoms with Crippen LogP contribution in [0.4, 0.5) is 0 Å². The van der Waals surface area contributed by atoms with Crippen LogP contribution in [0.25, 0.3) is 0 Å². The summed E-state index contributed by atoms with van der Waals surface area (Å²) in [5.41, 5.74) is 1.61. The van der Waals surface area contributed by atoms with E-state index in [1.54, 1.807) is 0 Å². The predicted octanol–water partition coefficient (Wildman–Crippen LogP) is 2.35. The minimum absolute atomic E-state index is 0.0688. The van der Waals surface area contributed by atoms with E-state index >= 15 is 0 Å². The van der Waals surface area contributed by atoms with Crippen molar-refractivity contribution < 1.29 is 23.9 Å². The van der Waals surface area contributed by atoms with Gasteiger partial charge in [0.1, 0.15) is 0 Å². The van der Waals surface area contributed by atoms with Crippen LogP contribution in [0.5, 0.6) is 0 Å². The van der Waals surface area contributed by atoms with E-state index in [1.165, 1.54) is 14.2 Å². The summed E-state index contributed by atoms with van der Waals surface area (Å²) in [5, 5.41) is 0. The molecule has 0 aliphatic heterocycles. The molecule has 0 amide bonds. The fraction of sp³-hybridized carbons (Fsp3) is 0.588. The average Bonchev–Trinajstić information content (AvgIpc) is 2.51. The molecule has 2 aliphatic carbocycles. The summed E-state index contributed by atoms with van der Waals surface area (Å²) in [6, 6.07) is 0. The Morgan fingerprint density at radius 2 is 1.77 bits per heavy atom. The van der Waals surface area contributed by atoms with Crippen molar-refractivity contribution in [3.63, 3.8) is 0 Å². The van der Waals surface area contributed by atoms with Crippen molar-refractivity contribution in [1.82, 2.24) is 0 Å². The molecular weight excluding hydrogens is 284 g/mol. The maximum absolute atomic E-state index is 12.2. The van der Waals surface area contributed by atoms with E-state index < -0.39 is 17.4 Å². The number of methoxy groups -OCH3 is 2. The van der Waals surface area contributed by atoms with Gasteiger partial charge in [-0.3, -0.25) is 14.4 Å². The zero-order valence-corrected chi connectivity index (χ0v) is 13.5. The lowest BCUT2D eigenvalue weighted by Crippen LogP contribution is -2.46. The monoisotopic (exact) mass is 306 g/mol. The molecule has 0 aromatic rings. The third-order valence-corrected chi connectivity index (χ3v) is 4.71. The van der Waals surface area contributed by atoms with Gasteiger partial charge < -0.3 is 9.47 Å². The summed E-state index contributed by atoms with van der Waals surface area (Å²) in [6.45, 7) is 3.83. The summed E-state index contributed by atoms with van der Waals surface area (Å²) in [6.07, 6.45) is 3.50. The van der Waals surface area contributed by atoms with E-state index in [-0.39, 0.29) is 18.1 Å². The van der Waals surface area contributed by atoms with Gasteiger partial charge in [0.15, 0.2) is 11.2 Å². The van der Waals surface area contributed by atoms with Gasteiger partial charge in [0.05, 0.1) is 14.2 Å². The van der Waals surface area contributed by atoms with Crippen molar-refractivity contribution in [3.05, 3.63) is 22.8 Å². The van der Waals surface area contributed by atoms with E-state index in [9.17, 15) is 14.4 Å². The van der Waals surface area contributed by atoms with Gasteiger partial charge in [-0.1, -0.05) is 17.2 Å². The van der Waals surface area contributed by atoms with Gasteiger partial charge >= 0.3 is 11.9 Å². The molecule has 0 aromatic heterocycles. The zero-order valence-electron chi connectivity index (χ0n) is 13.5. The molecule has 120 valence electrons. The maximum Gasteiger partial charge on any atom is 0.323 e. The fourth-order valence-corrected chi connectivity index (χ4v) is 3.48. The molecule has 0 aromatic carbocycles. The molecule has 2 aliphatic rings. The molecule has 5 heteroatoms. The van der Waals surface area contributed by atoms with Gasteiger partial charge in [-0.15, -0.1) is 0 Å². The molecule has 22 heavy (non-hydrogen) atoms. The minimum Gasteiger partial charge on any atom is -0.468 e. The molecule has 0 N–H and O–H groups in total. The maximum atomic E-state index is 12.2. The highest BCUT2D eigenvalue weighted by atomic mass is 16.5. The Hall–Kier alpha value is -1.91. The standard InChI is InChI=1S/C17H22O5/c1-10(2)13-7-11-5-6-17(15(19)21-3,16(20)22-4)9-12(11)8-14(13)18/h7,12H,5-6,8-9H2,1-4H3. The highest BCUT2D eigenvalue weighted by Gasteiger charge is 2.53. The van der Waals surface area contributed by atoms with Crippen molar-refractivity contribution >= 4 is 17.7 Å². The van der Waals surface area contributed by atoms with Gasteiger partial charge in [0.25, 0.3) is 0 Å². The van der Waals surface area contributed by atoms with Crippen LogP contribution in [0.2, 0.25) is 0 Å². The first kappa shape index (κ1) is 16.5. The zero-order chi connectivity index (χ0) is 16.5. The van der Waals surface area contributed by atoms with Crippen molar-refractivity contribution in [2.24, 2.45) is 11.3 Å². The van der Waals surface area contributed by atoms with Crippen LogP contribution in [0, 0.1) is 11.3 Å². The summed E-state index contributed by atoms with van der Waals surface area (Å²) >= 11 is 0. The average molecular weight is 306 g/mol. The van der Waals surface area contributed by atoms with Crippen LogP contribution in [-0.2, 0) is 23.9 Å². The van der Waals surface area contributed by atoms with Gasteiger partial charge in [0.2, 0.25) is 0 Å². The van der Waals surface area contributed by atoms with Crippen molar-refractivity contribution in [2.75, 3.05) is 14.2 Å². The number of ketones is 1. The molecule has 0 saturated heterocycles. The number of hydrogen-bond donors (Lipinski definition) is 0. The Labute approximate surface area is 130 Å². The Morgan fingerprint density at radius 1 is 1.18 bits per heavy atom. The molecule has 0 radical (unpaired) electrons. The Morgan fingerprint density at radius 3 is 2.27 bits per heavy atom. The Balaban J connectivity index is 2.37. The van der Waals surface area contributed by atoms with E-state index in [0.29, 0.717) is 19.3 Å². The van der Waals surface area contributed by atoms with Gasteiger partial charge in [-0.25, -0.2) is 0 Å². The molecule has 2 rings (SSSR count). The third-order valence-electron chi connectivity index (χ3n) is 4.71. The summed E-state index contributed by atoms with van der Waals surface area (Å²) in [7, 11) is 2.54. The lowest BCUT2D eigenvalue weighted by atomic mass is 9.64. The molecule has 1 atom stereocenters. The van der Waals surface area contributed by atoms with E-state index in [2.05, 4.69) is 0 Å². The van der Waals surface area contributed by atoms with E-state index in [1.807, 2.05) is 19.9 Å². The number of rotatable bonds is 2.